The summed E-state index contributed by atoms with van der Waals surface area (Å²) in [5, 5.41) is 9.81. The number of carboxylic acids is 1. The van der Waals surface area contributed by atoms with Gasteiger partial charge in [0, 0.05) is 24.5 Å². The van der Waals surface area contributed by atoms with E-state index >= 15 is 0 Å². The maximum atomic E-state index is 12.0. The number of nitrogens with two attached hydrogens (primary N) is 1. The predicted octanol–water partition coefficient (Wildman–Crippen LogP) is 7.91. The largest absolute Gasteiger partial charge is 0.478 e. The minimum atomic E-state index is -0.855. The van der Waals surface area contributed by atoms with Gasteiger partial charge in [-0.2, -0.15) is 0 Å². The summed E-state index contributed by atoms with van der Waals surface area (Å²) in [7, 11) is 0. The van der Waals surface area contributed by atoms with Crippen LogP contribution in [0.5, 0.6) is 0 Å². The lowest BCUT2D eigenvalue weighted by Crippen LogP contribution is -2.44. The SMILES string of the molecule is CCCCCCCCCCOC1(N)C=CC(C=C(CC(C)CC)C(=O)O)C(=Cc2ccccc2)C1. The lowest BCUT2D eigenvalue weighted by molar-refractivity contribution is -0.132. The first-order valence-corrected chi connectivity index (χ1v) is 13.7. The lowest BCUT2D eigenvalue weighted by atomic mass is 9.82. The normalized spacial score (nSPS) is 22.5. The Balaban J connectivity index is 2.08. The third-order valence-corrected chi connectivity index (χ3v) is 6.94. The van der Waals surface area contributed by atoms with Gasteiger partial charge in [0.1, 0.15) is 5.72 Å². The van der Waals surface area contributed by atoms with Crippen LogP contribution in [0.25, 0.3) is 6.08 Å². The van der Waals surface area contributed by atoms with E-state index in [0.29, 0.717) is 30.9 Å². The molecule has 0 aromatic heterocycles. The molecular formula is C31H47NO3. The van der Waals surface area contributed by atoms with Crippen LogP contribution in [0.2, 0.25) is 0 Å². The molecule has 3 atom stereocenters. The zero-order chi connectivity index (χ0) is 25.5. The Morgan fingerprint density at radius 3 is 2.40 bits per heavy atom. The average Bonchev–Trinajstić information content (AvgIpc) is 2.84. The van der Waals surface area contributed by atoms with Crippen molar-refractivity contribution >= 4 is 12.0 Å². The molecule has 1 aromatic rings. The molecule has 1 aromatic carbocycles. The van der Waals surface area contributed by atoms with Gasteiger partial charge in [0.25, 0.3) is 0 Å². The van der Waals surface area contributed by atoms with Gasteiger partial charge in [-0.15, -0.1) is 0 Å². The number of unbranched alkanes of at least 4 members (excludes halogenated alkanes) is 7. The Kier molecular flexibility index (Phi) is 13.1. The molecule has 0 saturated carbocycles. The first-order chi connectivity index (χ1) is 16.9. The summed E-state index contributed by atoms with van der Waals surface area (Å²) in [6.07, 6.45) is 20.1. The van der Waals surface area contributed by atoms with Crippen molar-refractivity contribution in [2.75, 3.05) is 6.61 Å². The first-order valence-electron chi connectivity index (χ1n) is 13.7. The van der Waals surface area contributed by atoms with Gasteiger partial charge in [-0.05, 0) is 30.4 Å². The summed E-state index contributed by atoms with van der Waals surface area (Å²) in [4.78, 5) is 12.0. The second kappa shape index (κ2) is 15.7. The highest BCUT2D eigenvalue weighted by molar-refractivity contribution is 5.86. The molecule has 0 saturated heterocycles. The highest BCUT2D eigenvalue weighted by Gasteiger charge is 2.31. The molecular weight excluding hydrogens is 434 g/mol. The molecule has 194 valence electrons. The van der Waals surface area contributed by atoms with Gasteiger partial charge in [-0.25, -0.2) is 4.79 Å². The molecule has 0 amide bonds. The second-order valence-corrected chi connectivity index (χ2v) is 10.2. The second-order valence-electron chi connectivity index (χ2n) is 10.2. The number of hydrogen-bond donors (Lipinski definition) is 2. The van der Waals surface area contributed by atoms with Crippen LogP contribution in [-0.2, 0) is 9.53 Å². The molecule has 0 radical (unpaired) electrons. The summed E-state index contributed by atoms with van der Waals surface area (Å²) in [6, 6.07) is 10.1. The quantitative estimate of drug-likeness (QED) is 0.109. The third-order valence-electron chi connectivity index (χ3n) is 6.94. The number of aliphatic carboxylic acids is 1. The average molecular weight is 482 g/mol. The Hall–Kier alpha value is -2.17. The smallest absolute Gasteiger partial charge is 0.331 e. The van der Waals surface area contributed by atoms with Crippen LogP contribution >= 0.6 is 0 Å². The van der Waals surface area contributed by atoms with Gasteiger partial charge in [0.2, 0.25) is 0 Å². The number of carbonyl (C=O) groups is 1. The molecule has 2 rings (SSSR count). The highest BCUT2D eigenvalue weighted by atomic mass is 16.5. The van der Waals surface area contributed by atoms with E-state index in [9.17, 15) is 9.90 Å². The van der Waals surface area contributed by atoms with Crippen LogP contribution in [-0.4, -0.2) is 23.4 Å². The van der Waals surface area contributed by atoms with Crippen LogP contribution < -0.4 is 5.73 Å². The van der Waals surface area contributed by atoms with Crippen molar-refractivity contribution in [3.05, 3.63) is 65.3 Å². The standard InChI is InChI=1S/C31H47NO3/c1-4-6-7-8-9-10-11-15-20-35-31(32)19-18-27(23-28(30(33)34)21-25(3)5-2)29(24-31)22-26-16-13-12-14-17-26/h12-14,16-19,22-23,25,27H,4-11,15,20-21,24,32H2,1-3H3,(H,33,34). The van der Waals surface area contributed by atoms with Crippen LogP contribution in [0.3, 0.4) is 0 Å². The number of hydrogen-bond acceptors (Lipinski definition) is 3. The summed E-state index contributed by atoms with van der Waals surface area (Å²) in [5.41, 5.74) is 8.45. The molecule has 0 spiro atoms. The summed E-state index contributed by atoms with van der Waals surface area (Å²) in [6.45, 7) is 7.08. The molecule has 1 aliphatic carbocycles. The van der Waals surface area contributed by atoms with E-state index in [-0.39, 0.29) is 5.92 Å². The van der Waals surface area contributed by atoms with E-state index in [1.54, 1.807) is 0 Å². The van der Waals surface area contributed by atoms with E-state index in [0.717, 1.165) is 24.0 Å². The van der Waals surface area contributed by atoms with Gasteiger partial charge in [-0.1, -0.05) is 126 Å². The van der Waals surface area contributed by atoms with Crippen LogP contribution in [0.4, 0.5) is 0 Å². The zero-order valence-electron chi connectivity index (χ0n) is 22.2. The Bertz CT molecular complexity index is 842. The van der Waals surface area contributed by atoms with Crippen molar-refractivity contribution in [3.63, 3.8) is 0 Å². The Labute approximate surface area is 213 Å². The number of benzene rings is 1. The van der Waals surface area contributed by atoms with Gasteiger partial charge < -0.3 is 9.84 Å². The fourth-order valence-corrected chi connectivity index (χ4v) is 4.52. The minimum Gasteiger partial charge on any atom is -0.478 e. The van der Waals surface area contributed by atoms with Gasteiger partial charge >= 0.3 is 5.97 Å². The van der Waals surface area contributed by atoms with Crippen molar-refractivity contribution in [2.24, 2.45) is 17.6 Å². The maximum Gasteiger partial charge on any atom is 0.331 e. The lowest BCUT2D eigenvalue weighted by Gasteiger charge is -2.34. The monoisotopic (exact) mass is 481 g/mol. The summed E-state index contributed by atoms with van der Waals surface area (Å²) >= 11 is 0. The number of allylic oxidation sites excluding steroid dienone is 2. The maximum absolute atomic E-state index is 12.0. The summed E-state index contributed by atoms with van der Waals surface area (Å²) in [5.74, 6) is -0.614. The van der Waals surface area contributed by atoms with Gasteiger partial charge in [0.15, 0.2) is 0 Å². The molecule has 4 heteroatoms. The molecule has 0 fully saturated rings. The number of carboxylic acid groups (broad SMARTS) is 1. The van der Waals surface area contributed by atoms with Gasteiger partial charge in [0.05, 0.1) is 0 Å². The van der Waals surface area contributed by atoms with Gasteiger partial charge in [-0.3, -0.25) is 5.73 Å². The van der Waals surface area contributed by atoms with Crippen LogP contribution in [0, 0.1) is 11.8 Å². The fourth-order valence-electron chi connectivity index (χ4n) is 4.52. The first kappa shape index (κ1) is 29.1. The predicted molar refractivity (Wildman–Crippen MR) is 147 cm³/mol. The van der Waals surface area contributed by atoms with Crippen molar-refractivity contribution in [2.45, 2.75) is 97.1 Å². The molecule has 3 N–H and O–H groups in total. The van der Waals surface area contributed by atoms with E-state index in [1.165, 1.54) is 44.9 Å². The number of ether oxygens (including phenoxy) is 1. The molecule has 0 bridgehead atoms. The molecule has 1 aliphatic rings. The molecule has 35 heavy (non-hydrogen) atoms. The van der Waals surface area contributed by atoms with Crippen molar-refractivity contribution < 1.29 is 14.6 Å². The third kappa shape index (κ3) is 11.0. The van der Waals surface area contributed by atoms with E-state index in [2.05, 4.69) is 39.0 Å². The van der Waals surface area contributed by atoms with Crippen molar-refractivity contribution in [1.29, 1.82) is 0 Å². The molecule has 0 aliphatic heterocycles. The Morgan fingerprint density at radius 1 is 1.11 bits per heavy atom. The van der Waals surface area contributed by atoms with E-state index < -0.39 is 11.7 Å². The van der Waals surface area contributed by atoms with Crippen molar-refractivity contribution in [3.8, 4) is 0 Å². The van der Waals surface area contributed by atoms with E-state index in [4.69, 9.17) is 10.5 Å². The highest BCUT2D eigenvalue weighted by Crippen LogP contribution is 2.34. The zero-order valence-corrected chi connectivity index (χ0v) is 22.2. The molecule has 4 nitrogen and oxygen atoms in total. The van der Waals surface area contributed by atoms with Crippen LogP contribution in [0.15, 0.2) is 59.7 Å². The topological polar surface area (TPSA) is 72.5 Å². The van der Waals surface area contributed by atoms with Crippen LogP contribution in [0.1, 0.15) is 97.0 Å². The Morgan fingerprint density at radius 2 is 1.77 bits per heavy atom. The summed E-state index contributed by atoms with van der Waals surface area (Å²) < 4.78 is 6.18. The minimum absolute atomic E-state index is 0.103. The number of rotatable bonds is 16. The molecule has 3 unspecified atom stereocenters. The van der Waals surface area contributed by atoms with Crippen molar-refractivity contribution in [1.82, 2.24) is 0 Å². The molecule has 0 heterocycles. The fraction of sp³-hybridized carbons (Fsp3) is 0.581. The van der Waals surface area contributed by atoms with E-state index in [1.807, 2.05) is 36.4 Å².